The fourth-order valence-corrected chi connectivity index (χ4v) is 6.98. The fraction of sp³-hybridized carbons (Fsp3) is 0.0233. The standard InChI is InChI=1S/C43H30N2/c1-2-9-29(10-3-1)30-16-18-31(19-17-30)33-20-24-38-39-25-21-34-27-35(40-14-6-7-26-44-40)22-23-37(34)43(39)45(42(38)28-33)41-15-8-12-32-11-4-5-13-36(32)41/h1-25,27-28,44H,26H2. The van der Waals surface area contributed by atoms with Crippen LogP contribution in [-0.2, 0) is 0 Å². The average Bonchev–Trinajstić information content (AvgIpc) is 3.46. The molecule has 0 amide bonds. The van der Waals surface area contributed by atoms with Crippen LogP contribution in [0.1, 0.15) is 5.56 Å². The van der Waals surface area contributed by atoms with Gasteiger partial charge in [-0.25, -0.2) is 0 Å². The zero-order valence-electron chi connectivity index (χ0n) is 24.7. The van der Waals surface area contributed by atoms with Gasteiger partial charge in [0.15, 0.2) is 0 Å². The molecule has 1 aliphatic rings. The Kier molecular flexibility index (Phi) is 5.92. The molecule has 1 aliphatic heterocycles. The highest BCUT2D eigenvalue weighted by molar-refractivity contribution is 6.20. The third-order valence-electron chi connectivity index (χ3n) is 9.20. The zero-order valence-corrected chi connectivity index (χ0v) is 24.7. The molecule has 0 fully saturated rings. The summed E-state index contributed by atoms with van der Waals surface area (Å²) in [4.78, 5) is 0. The molecule has 0 radical (unpaired) electrons. The number of nitrogens with one attached hydrogen (secondary N) is 1. The molecule has 7 aromatic carbocycles. The molecule has 2 heteroatoms. The van der Waals surface area contributed by atoms with Gasteiger partial charge in [-0.1, -0.05) is 140 Å². The van der Waals surface area contributed by atoms with Gasteiger partial charge in [-0.05, 0) is 62.9 Å². The van der Waals surface area contributed by atoms with Gasteiger partial charge in [0.25, 0.3) is 0 Å². The zero-order chi connectivity index (χ0) is 29.7. The lowest BCUT2D eigenvalue weighted by Crippen LogP contribution is -2.14. The van der Waals surface area contributed by atoms with E-state index in [9.17, 15) is 0 Å². The minimum atomic E-state index is 0.857. The molecule has 2 heterocycles. The van der Waals surface area contributed by atoms with Gasteiger partial charge in [-0.2, -0.15) is 0 Å². The second-order valence-corrected chi connectivity index (χ2v) is 11.8. The number of rotatable bonds is 4. The Morgan fingerprint density at radius 2 is 1.16 bits per heavy atom. The van der Waals surface area contributed by atoms with Crippen molar-refractivity contribution in [3.63, 3.8) is 0 Å². The summed E-state index contributed by atoms with van der Waals surface area (Å²) in [6, 6.07) is 53.3. The highest BCUT2D eigenvalue weighted by Gasteiger charge is 2.18. The Hall–Kier alpha value is -5.86. The Balaban J connectivity index is 1.30. The normalized spacial score (nSPS) is 13.0. The first-order chi connectivity index (χ1) is 22.3. The van der Waals surface area contributed by atoms with E-state index in [4.69, 9.17) is 0 Å². The first-order valence-corrected chi connectivity index (χ1v) is 15.6. The van der Waals surface area contributed by atoms with Crippen molar-refractivity contribution in [1.82, 2.24) is 9.88 Å². The van der Waals surface area contributed by atoms with Crippen molar-refractivity contribution in [3.05, 3.63) is 169 Å². The number of hydrogen-bond acceptors (Lipinski definition) is 1. The van der Waals surface area contributed by atoms with Crippen LogP contribution in [0.3, 0.4) is 0 Å². The van der Waals surface area contributed by atoms with E-state index in [-0.39, 0.29) is 0 Å². The van der Waals surface area contributed by atoms with E-state index >= 15 is 0 Å². The lowest BCUT2D eigenvalue weighted by molar-refractivity contribution is 0.996. The predicted octanol–water partition coefficient (Wildman–Crippen LogP) is 10.9. The molecule has 0 saturated heterocycles. The Labute approximate surface area is 262 Å². The van der Waals surface area contributed by atoms with Gasteiger partial charge in [0.05, 0.1) is 16.7 Å². The van der Waals surface area contributed by atoms with Crippen molar-refractivity contribution in [1.29, 1.82) is 0 Å². The third-order valence-corrected chi connectivity index (χ3v) is 9.20. The van der Waals surface area contributed by atoms with Crippen molar-refractivity contribution in [2.75, 3.05) is 6.54 Å². The van der Waals surface area contributed by atoms with Crippen molar-refractivity contribution >= 4 is 49.0 Å². The van der Waals surface area contributed by atoms with E-state index in [1.807, 2.05) is 0 Å². The van der Waals surface area contributed by atoms with Crippen LogP contribution in [0.2, 0.25) is 0 Å². The van der Waals surface area contributed by atoms with Crippen LogP contribution in [0.15, 0.2) is 164 Å². The van der Waals surface area contributed by atoms with Gasteiger partial charge in [0.1, 0.15) is 0 Å². The lowest BCUT2D eigenvalue weighted by Gasteiger charge is -2.15. The molecule has 0 atom stereocenters. The number of nitrogens with zero attached hydrogens (tertiary/aromatic N) is 1. The summed E-state index contributed by atoms with van der Waals surface area (Å²) in [7, 11) is 0. The second-order valence-electron chi connectivity index (χ2n) is 11.8. The van der Waals surface area contributed by atoms with Crippen LogP contribution < -0.4 is 5.32 Å². The molecular formula is C43H30N2. The van der Waals surface area contributed by atoms with Crippen molar-refractivity contribution in [2.45, 2.75) is 0 Å². The summed E-state index contributed by atoms with van der Waals surface area (Å²) in [5.74, 6) is 0. The summed E-state index contributed by atoms with van der Waals surface area (Å²) >= 11 is 0. The van der Waals surface area contributed by atoms with Crippen LogP contribution in [0, 0.1) is 0 Å². The van der Waals surface area contributed by atoms with E-state index in [0.29, 0.717) is 0 Å². The highest BCUT2D eigenvalue weighted by Crippen LogP contribution is 2.40. The minimum absolute atomic E-state index is 0.857. The molecule has 0 saturated carbocycles. The molecule has 0 unspecified atom stereocenters. The van der Waals surface area contributed by atoms with Gasteiger partial charge >= 0.3 is 0 Å². The van der Waals surface area contributed by atoms with E-state index in [0.717, 1.165) is 12.2 Å². The first kappa shape index (κ1) is 25.6. The number of dihydropyridines is 1. The summed E-state index contributed by atoms with van der Waals surface area (Å²) in [6.07, 6.45) is 6.43. The molecule has 45 heavy (non-hydrogen) atoms. The molecule has 9 rings (SSSR count). The molecule has 2 nitrogen and oxygen atoms in total. The summed E-state index contributed by atoms with van der Waals surface area (Å²) in [6.45, 7) is 0.857. The number of aromatic nitrogens is 1. The maximum atomic E-state index is 3.52. The maximum Gasteiger partial charge on any atom is 0.0619 e. The van der Waals surface area contributed by atoms with Gasteiger partial charge < -0.3 is 9.88 Å². The number of hydrogen-bond donors (Lipinski definition) is 1. The lowest BCUT2D eigenvalue weighted by atomic mass is 9.99. The van der Waals surface area contributed by atoms with Crippen molar-refractivity contribution in [2.24, 2.45) is 0 Å². The van der Waals surface area contributed by atoms with Crippen LogP contribution in [0.4, 0.5) is 0 Å². The molecule has 8 aromatic rings. The Morgan fingerprint density at radius 3 is 2.00 bits per heavy atom. The molecule has 212 valence electrons. The number of allylic oxidation sites excluding steroid dienone is 2. The van der Waals surface area contributed by atoms with Crippen molar-refractivity contribution < 1.29 is 0 Å². The summed E-state index contributed by atoms with van der Waals surface area (Å²) in [5, 5.41) is 11.0. The molecule has 0 bridgehead atoms. The smallest absolute Gasteiger partial charge is 0.0619 e. The SMILES string of the molecule is C1=CCNC(c2ccc3c(ccc4c5ccc(-c6ccc(-c7ccccc7)cc6)cc5n(-c5cccc6ccccc56)c34)c2)=C1. The first-order valence-electron chi connectivity index (χ1n) is 15.6. The summed E-state index contributed by atoms with van der Waals surface area (Å²) < 4.78 is 2.50. The number of fused-ring (bicyclic) bond motifs is 6. The highest BCUT2D eigenvalue weighted by atomic mass is 15.0. The van der Waals surface area contributed by atoms with Gasteiger partial charge in [0.2, 0.25) is 0 Å². The summed E-state index contributed by atoms with van der Waals surface area (Å²) in [5.41, 5.74) is 10.9. The maximum absolute atomic E-state index is 3.52. The quantitative estimate of drug-likeness (QED) is 0.221. The van der Waals surface area contributed by atoms with E-state index in [2.05, 4.69) is 174 Å². The Bertz CT molecular complexity index is 2450. The van der Waals surface area contributed by atoms with E-state index in [1.54, 1.807) is 0 Å². The molecule has 0 aliphatic carbocycles. The fourth-order valence-electron chi connectivity index (χ4n) is 6.98. The van der Waals surface area contributed by atoms with Crippen LogP contribution >= 0.6 is 0 Å². The largest absolute Gasteiger partial charge is 0.381 e. The van der Waals surface area contributed by atoms with E-state index in [1.165, 1.54) is 76.9 Å². The van der Waals surface area contributed by atoms with Crippen molar-refractivity contribution in [3.8, 4) is 27.9 Å². The monoisotopic (exact) mass is 574 g/mol. The van der Waals surface area contributed by atoms with Gasteiger partial charge in [-0.3, -0.25) is 0 Å². The predicted molar refractivity (Wildman–Crippen MR) is 192 cm³/mol. The molecule has 0 spiro atoms. The van der Waals surface area contributed by atoms with Crippen LogP contribution in [-0.4, -0.2) is 11.1 Å². The third kappa shape index (κ3) is 4.26. The van der Waals surface area contributed by atoms with Gasteiger partial charge in [0, 0.05) is 33.8 Å². The second kappa shape index (κ2) is 10.4. The average molecular weight is 575 g/mol. The Morgan fingerprint density at radius 1 is 0.467 bits per heavy atom. The molecule has 1 aromatic heterocycles. The number of benzene rings is 7. The molecule has 1 N–H and O–H groups in total. The topological polar surface area (TPSA) is 17.0 Å². The van der Waals surface area contributed by atoms with Crippen LogP contribution in [0.25, 0.3) is 77.0 Å². The minimum Gasteiger partial charge on any atom is -0.381 e. The van der Waals surface area contributed by atoms with Gasteiger partial charge in [-0.15, -0.1) is 0 Å². The molecular weight excluding hydrogens is 544 g/mol. The van der Waals surface area contributed by atoms with Crippen LogP contribution in [0.5, 0.6) is 0 Å². The van der Waals surface area contributed by atoms with E-state index < -0.39 is 0 Å².